The SMILES string of the molecule is CN=C(NCC(=O)N(C)CC(F)(F)F)N1CCOC(c2cccc(C(F)(F)F)c2)C1. The molecule has 0 aliphatic carbocycles. The third-order valence-electron chi connectivity index (χ3n) is 4.40. The van der Waals surface area contributed by atoms with E-state index in [4.69, 9.17) is 4.74 Å². The number of rotatable bonds is 4. The van der Waals surface area contributed by atoms with Crippen LogP contribution < -0.4 is 5.32 Å². The van der Waals surface area contributed by atoms with E-state index in [2.05, 4.69) is 10.3 Å². The van der Waals surface area contributed by atoms with Crippen molar-refractivity contribution in [3.63, 3.8) is 0 Å². The number of benzene rings is 1. The Labute approximate surface area is 169 Å². The summed E-state index contributed by atoms with van der Waals surface area (Å²) in [5, 5.41) is 2.70. The highest BCUT2D eigenvalue weighted by Crippen LogP contribution is 2.32. The summed E-state index contributed by atoms with van der Waals surface area (Å²) in [6.07, 6.45) is -9.65. The number of carbonyl (C=O) groups excluding carboxylic acids is 1. The van der Waals surface area contributed by atoms with Gasteiger partial charge in [0.1, 0.15) is 12.6 Å². The van der Waals surface area contributed by atoms with Crippen LogP contribution in [0.3, 0.4) is 0 Å². The number of morpholine rings is 1. The van der Waals surface area contributed by atoms with Gasteiger partial charge in [-0.3, -0.25) is 9.79 Å². The number of likely N-dealkylation sites (N-methyl/N-ethyl adjacent to an activating group) is 1. The lowest BCUT2D eigenvalue weighted by Crippen LogP contribution is -2.50. The number of halogens is 6. The monoisotopic (exact) mass is 440 g/mol. The van der Waals surface area contributed by atoms with E-state index in [1.165, 1.54) is 19.2 Å². The molecular weight excluding hydrogens is 418 g/mol. The minimum atomic E-state index is -4.51. The van der Waals surface area contributed by atoms with Crippen molar-refractivity contribution in [3.05, 3.63) is 35.4 Å². The molecular formula is C18H22F6N4O2. The molecule has 0 saturated carbocycles. The first-order valence-electron chi connectivity index (χ1n) is 8.96. The first kappa shape index (κ1) is 23.8. The molecule has 0 bridgehead atoms. The van der Waals surface area contributed by atoms with Crippen molar-refractivity contribution in [2.75, 3.05) is 46.9 Å². The predicted molar refractivity (Wildman–Crippen MR) is 96.8 cm³/mol. The summed E-state index contributed by atoms with van der Waals surface area (Å²) in [5.41, 5.74) is -0.451. The van der Waals surface area contributed by atoms with Crippen LogP contribution in [-0.4, -0.2) is 74.7 Å². The van der Waals surface area contributed by atoms with E-state index in [9.17, 15) is 31.1 Å². The predicted octanol–water partition coefficient (Wildman–Crippen LogP) is 2.67. The summed E-state index contributed by atoms with van der Waals surface area (Å²) >= 11 is 0. The Bertz CT molecular complexity index is 766. The van der Waals surface area contributed by atoms with E-state index >= 15 is 0 Å². The highest BCUT2D eigenvalue weighted by Gasteiger charge is 2.33. The normalized spacial score (nSPS) is 18.3. The molecule has 168 valence electrons. The Morgan fingerprint density at radius 2 is 2.00 bits per heavy atom. The number of hydrogen-bond donors (Lipinski definition) is 1. The van der Waals surface area contributed by atoms with E-state index in [1.54, 1.807) is 4.90 Å². The maximum Gasteiger partial charge on any atom is 0.416 e. The molecule has 1 unspecified atom stereocenters. The first-order chi connectivity index (χ1) is 13.9. The van der Waals surface area contributed by atoms with Crippen LogP contribution in [0.1, 0.15) is 17.2 Å². The molecule has 1 N–H and O–H groups in total. The van der Waals surface area contributed by atoms with Crippen molar-refractivity contribution in [2.45, 2.75) is 18.5 Å². The highest BCUT2D eigenvalue weighted by atomic mass is 19.4. The Morgan fingerprint density at radius 1 is 1.30 bits per heavy atom. The molecule has 1 amide bonds. The van der Waals surface area contributed by atoms with Gasteiger partial charge in [-0.2, -0.15) is 26.3 Å². The van der Waals surface area contributed by atoms with Crippen LogP contribution in [0, 0.1) is 0 Å². The number of alkyl halides is 6. The second kappa shape index (κ2) is 9.54. The summed E-state index contributed by atoms with van der Waals surface area (Å²) in [7, 11) is 2.47. The smallest absolute Gasteiger partial charge is 0.370 e. The maximum absolute atomic E-state index is 13.0. The van der Waals surface area contributed by atoms with Crippen molar-refractivity contribution in [3.8, 4) is 0 Å². The molecule has 0 spiro atoms. The van der Waals surface area contributed by atoms with Gasteiger partial charge in [0.25, 0.3) is 0 Å². The van der Waals surface area contributed by atoms with E-state index in [-0.39, 0.29) is 19.1 Å². The molecule has 0 aromatic heterocycles. The Balaban J connectivity index is 2.00. The molecule has 1 heterocycles. The van der Waals surface area contributed by atoms with Crippen molar-refractivity contribution in [1.29, 1.82) is 0 Å². The highest BCUT2D eigenvalue weighted by molar-refractivity contribution is 5.86. The van der Waals surface area contributed by atoms with Gasteiger partial charge in [0.15, 0.2) is 5.96 Å². The number of guanidine groups is 1. The van der Waals surface area contributed by atoms with E-state index in [0.29, 0.717) is 17.0 Å². The summed E-state index contributed by atoms with van der Waals surface area (Å²) in [6, 6.07) is 4.80. The van der Waals surface area contributed by atoms with Crippen molar-refractivity contribution >= 4 is 11.9 Å². The molecule has 1 atom stereocenters. The fourth-order valence-corrected chi connectivity index (χ4v) is 2.94. The molecule has 30 heavy (non-hydrogen) atoms. The zero-order valence-corrected chi connectivity index (χ0v) is 16.3. The van der Waals surface area contributed by atoms with E-state index in [1.807, 2.05) is 0 Å². The van der Waals surface area contributed by atoms with Crippen LogP contribution in [-0.2, 0) is 15.7 Å². The lowest BCUT2D eigenvalue weighted by molar-refractivity contribution is -0.157. The molecule has 1 saturated heterocycles. The first-order valence-corrected chi connectivity index (χ1v) is 8.96. The average Bonchev–Trinajstić information content (AvgIpc) is 2.66. The molecule has 6 nitrogen and oxygen atoms in total. The van der Waals surface area contributed by atoms with E-state index < -0.39 is 43.0 Å². The van der Waals surface area contributed by atoms with Gasteiger partial charge in [0.2, 0.25) is 5.91 Å². The molecule has 1 aliphatic rings. The lowest BCUT2D eigenvalue weighted by atomic mass is 10.0. The number of nitrogens with zero attached hydrogens (tertiary/aromatic N) is 3. The van der Waals surface area contributed by atoms with Crippen LogP contribution in [0.5, 0.6) is 0 Å². The molecule has 2 rings (SSSR count). The Hall–Kier alpha value is -2.50. The fraction of sp³-hybridized carbons (Fsp3) is 0.556. The number of aliphatic imine (C=N–C) groups is 1. The topological polar surface area (TPSA) is 57.2 Å². The number of carbonyl (C=O) groups is 1. The number of amides is 1. The van der Waals surface area contributed by atoms with Gasteiger partial charge in [-0.1, -0.05) is 12.1 Å². The average molecular weight is 440 g/mol. The standard InChI is InChI=1S/C18H22F6N4O2/c1-25-16(26-9-15(29)27(2)11-17(19,20)21)28-6-7-30-14(10-28)12-4-3-5-13(8-12)18(22,23)24/h3-5,8,14H,6-7,9-11H2,1-2H3,(H,25,26). The third kappa shape index (κ3) is 6.78. The van der Waals surface area contributed by atoms with Crippen LogP contribution in [0.15, 0.2) is 29.3 Å². The molecule has 0 radical (unpaired) electrons. The minimum absolute atomic E-state index is 0.160. The van der Waals surface area contributed by atoms with E-state index in [0.717, 1.165) is 19.2 Å². The molecule has 1 aliphatic heterocycles. The largest absolute Gasteiger partial charge is 0.416 e. The number of nitrogens with one attached hydrogen (secondary N) is 1. The molecule has 1 aromatic rings. The molecule has 12 heteroatoms. The second-order valence-corrected chi connectivity index (χ2v) is 6.69. The Morgan fingerprint density at radius 3 is 2.60 bits per heavy atom. The van der Waals surface area contributed by atoms with Crippen LogP contribution in [0.4, 0.5) is 26.3 Å². The maximum atomic E-state index is 13.0. The second-order valence-electron chi connectivity index (χ2n) is 6.69. The van der Waals surface area contributed by atoms with Crippen LogP contribution in [0.2, 0.25) is 0 Å². The van der Waals surface area contributed by atoms with Gasteiger partial charge >= 0.3 is 12.4 Å². The van der Waals surface area contributed by atoms with Gasteiger partial charge in [0, 0.05) is 20.6 Å². The quantitative estimate of drug-likeness (QED) is 0.445. The van der Waals surface area contributed by atoms with Crippen molar-refractivity contribution in [2.24, 2.45) is 4.99 Å². The van der Waals surface area contributed by atoms with Gasteiger partial charge in [-0.05, 0) is 17.7 Å². The fourth-order valence-electron chi connectivity index (χ4n) is 2.94. The summed E-state index contributed by atoms with van der Waals surface area (Å²) < 4.78 is 81.6. The molecule has 1 fully saturated rings. The minimum Gasteiger partial charge on any atom is -0.370 e. The van der Waals surface area contributed by atoms with Crippen molar-refractivity contribution in [1.82, 2.24) is 15.1 Å². The van der Waals surface area contributed by atoms with Gasteiger partial charge < -0.3 is 19.9 Å². The van der Waals surface area contributed by atoms with Crippen LogP contribution in [0.25, 0.3) is 0 Å². The van der Waals surface area contributed by atoms with Gasteiger partial charge in [-0.25, -0.2) is 0 Å². The summed E-state index contributed by atoms with van der Waals surface area (Å²) in [5.74, 6) is -0.541. The number of hydrogen-bond acceptors (Lipinski definition) is 3. The summed E-state index contributed by atoms with van der Waals surface area (Å²) in [4.78, 5) is 18.1. The Kier molecular flexibility index (Phi) is 7.56. The van der Waals surface area contributed by atoms with Crippen LogP contribution >= 0.6 is 0 Å². The lowest BCUT2D eigenvalue weighted by Gasteiger charge is -2.35. The van der Waals surface area contributed by atoms with Gasteiger partial charge in [-0.15, -0.1) is 0 Å². The zero-order valence-electron chi connectivity index (χ0n) is 16.3. The molecule has 1 aromatic carbocycles. The third-order valence-corrected chi connectivity index (χ3v) is 4.40. The zero-order chi connectivity index (χ0) is 22.5. The van der Waals surface area contributed by atoms with Gasteiger partial charge in [0.05, 0.1) is 25.3 Å². The summed E-state index contributed by atoms with van der Waals surface area (Å²) in [6.45, 7) is -1.08. The number of ether oxygens (including phenoxy) is 1. The van der Waals surface area contributed by atoms with Crippen molar-refractivity contribution < 1.29 is 35.9 Å².